The summed E-state index contributed by atoms with van der Waals surface area (Å²) < 4.78 is 5.38. The standard InChI is InChI=1S/C15H18N4O2/c1-3-21-12-6-4-11(5-7-12)10(2)19-15(20)13-14(16)18-9-8-17-13/h4-10H,3H2,1-2H3,(H2,16,18)(H,19,20). The smallest absolute Gasteiger partial charge is 0.274 e. The molecule has 1 amide bonds. The molecule has 0 bridgehead atoms. The summed E-state index contributed by atoms with van der Waals surface area (Å²) in [5.41, 5.74) is 6.74. The number of nitrogens with one attached hydrogen (secondary N) is 1. The first kappa shape index (κ1) is 14.8. The lowest BCUT2D eigenvalue weighted by Gasteiger charge is -2.15. The predicted molar refractivity (Wildman–Crippen MR) is 79.9 cm³/mol. The number of hydrogen-bond acceptors (Lipinski definition) is 5. The molecule has 1 atom stereocenters. The topological polar surface area (TPSA) is 90.1 Å². The number of rotatable bonds is 5. The summed E-state index contributed by atoms with van der Waals surface area (Å²) in [7, 11) is 0. The number of amides is 1. The molecule has 21 heavy (non-hydrogen) atoms. The van der Waals surface area contributed by atoms with Crippen molar-refractivity contribution in [3.05, 3.63) is 47.9 Å². The number of carbonyl (C=O) groups excluding carboxylic acids is 1. The van der Waals surface area contributed by atoms with E-state index in [9.17, 15) is 4.79 Å². The Kier molecular flexibility index (Phi) is 4.71. The van der Waals surface area contributed by atoms with E-state index in [1.807, 2.05) is 38.1 Å². The molecule has 6 nitrogen and oxygen atoms in total. The van der Waals surface area contributed by atoms with Crippen molar-refractivity contribution in [1.29, 1.82) is 0 Å². The highest BCUT2D eigenvalue weighted by Gasteiger charge is 2.15. The summed E-state index contributed by atoms with van der Waals surface area (Å²) >= 11 is 0. The third-order valence-electron chi connectivity index (χ3n) is 2.98. The minimum absolute atomic E-state index is 0.119. The molecule has 0 radical (unpaired) electrons. The number of nitrogens with zero attached hydrogens (tertiary/aromatic N) is 2. The van der Waals surface area contributed by atoms with Gasteiger partial charge in [0.15, 0.2) is 11.5 Å². The third kappa shape index (κ3) is 3.68. The summed E-state index contributed by atoms with van der Waals surface area (Å²) in [4.78, 5) is 19.9. The maximum Gasteiger partial charge on any atom is 0.274 e. The normalized spacial score (nSPS) is 11.7. The van der Waals surface area contributed by atoms with Crippen LogP contribution in [0.5, 0.6) is 5.75 Å². The summed E-state index contributed by atoms with van der Waals surface area (Å²) in [6.07, 6.45) is 2.88. The van der Waals surface area contributed by atoms with Crippen molar-refractivity contribution in [2.75, 3.05) is 12.3 Å². The van der Waals surface area contributed by atoms with Crippen molar-refractivity contribution in [2.24, 2.45) is 0 Å². The van der Waals surface area contributed by atoms with E-state index in [2.05, 4.69) is 15.3 Å². The number of aromatic nitrogens is 2. The molecule has 1 unspecified atom stereocenters. The molecule has 3 N–H and O–H groups in total. The molecule has 0 spiro atoms. The maximum atomic E-state index is 12.1. The highest BCUT2D eigenvalue weighted by atomic mass is 16.5. The Morgan fingerprint density at radius 1 is 1.29 bits per heavy atom. The average molecular weight is 286 g/mol. The monoisotopic (exact) mass is 286 g/mol. The Morgan fingerprint density at radius 3 is 2.57 bits per heavy atom. The Balaban J connectivity index is 2.05. The lowest BCUT2D eigenvalue weighted by Crippen LogP contribution is -2.28. The average Bonchev–Trinajstić information content (AvgIpc) is 2.48. The second kappa shape index (κ2) is 6.69. The first-order chi connectivity index (χ1) is 10.1. The van der Waals surface area contributed by atoms with E-state index in [0.717, 1.165) is 11.3 Å². The van der Waals surface area contributed by atoms with Crippen LogP contribution in [0.3, 0.4) is 0 Å². The van der Waals surface area contributed by atoms with Gasteiger partial charge in [-0.3, -0.25) is 4.79 Å². The molecule has 1 aromatic heterocycles. The number of anilines is 1. The van der Waals surface area contributed by atoms with Gasteiger partial charge in [-0.15, -0.1) is 0 Å². The minimum Gasteiger partial charge on any atom is -0.494 e. The fourth-order valence-electron chi connectivity index (χ4n) is 1.89. The first-order valence-electron chi connectivity index (χ1n) is 6.72. The number of carbonyl (C=O) groups is 1. The van der Waals surface area contributed by atoms with Crippen molar-refractivity contribution < 1.29 is 9.53 Å². The van der Waals surface area contributed by atoms with Gasteiger partial charge in [0.1, 0.15) is 5.75 Å². The van der Waals surface area contributed by atoms with Gasteiger partial charge in [0.05, 0.1) is 12.6 Å². The second-order valence-corrected chi connectivity index (χ2v) is 4.49. The maximum absolute atomic E-state index is 12.1. The number of nitrogen functional groups attached to an aromatic ring is 1. The van der Waals surface area contributed by atoms with Gasteiger partial charge in [-0.1, -0.05) is 12.1 Å². The Bertz CT molecular complexity index is 613. The van der Waals surface area contributed by atoms with Crippen LogP contribution in [-0.2, 0) is 0 Å². The van der Waals surface area contributed by atoms with E-state index in [1.165, 1.54) is 12.4 Å². The van der Waals surface area contributed by atoms with Crippen LogP contribution in [0.1, 0.15) is 35.9 Å². The molecule has 0 fully saturated rings. The molecule has 1 aromatic carbocycles. The van der Waals surface area contributed by atoms with Crippen LogP contribution in [0.15, 0.2) is 36.7 Å². The molecular weight excluding hydrogens is 268 g/mol. The molecule has 0 aliphatic heterocycles. The second-order valence-electron chi connectivity index (χ2n) is 4.49. The zero-order valence-corrected chi connectivity index (χ0v) is 12.0. The van der Waals surface area contributed by atoms with Gasteiger partial charge < -0.3 is 15.8 Å². The molecule has 0 aliphatic carbocycles. The lowest BCUT2D eigenvalue weighted by atomic mass is 10.1. The van der Waals surface area contributed by atoms with Crippen LogP contribution in [-0.4, -0.2) is 22.5 Å². The highest BCUT2D eigenvalue weighted by molar-refractivity contribution is 5.96. The quantitative estimate of drug-likeness (QED) is 0.876. The van der Waals surface area contributed by atoms with Gasteiger partial charge >= 0.3 is 0 Å². The van der Waals surface area contributed by atoms with E-state index < -0.39 is 0 Å². The molecule has 110 valence electrons. The van der Waals surface area contributed by atoms with E-state index in [4.69, 9.17) is 10.5 Å². The first-order valence-corrected chi connectivity index (χ1v) is 6.72. The molecule has 2 aromatic rings. The SMILES string of the molecule is CCOc1ccc(C(C)NC(=O)c2nccnc2N)cc1. The van der Waals surface area contributed by atoms with Gasteiger partial charge in [0.2, 0.25) is 0 Å². The number of hydrogen-bond donors (Lipinski definition) is 2. The summed E-state index contributed by atoms with van der Waals surface area (Å²) in [5.74, 6) is 0.578. The van der Waals surface area contributed by atoms with Crippen LogP contribution < -0.4 is 15.8 Å². The largest absolute Gasteiger partial charge is 0.494 e. The fraction of sp³-hybridized carbons (Fsp3) is 0.267. The molecule has 6 heteroatoms. The number of nitrogens with two attached hydrogens (primary N) is 1. The summed E-state index contributed by atoms with van der Waals surface area (Å²) in [5, 5.41) is 2.84. The van der Waals surface area contributed by atoms with Crippen molar-refractivity contribution in [3.8, 4) is 5.75 Å². The highest BCUT2D eigenvalue weighted by Crippen LogP contribution is 2.18. The number of ether oxygens (including phenoxy) is 1. The summed E-state index contributed by atoms with van der Waals surface area (Å²) in [6, 6.07) is 7.40. The lowest BCUT2D eigenvalue weighted by molar-refractivity contribution is 0.0935. The summed E-state index contributed by atoms with van der Waals surface area (Å²) in [6.45, 7) is 4.44. The van der Waals surface area contributed by atoms with Crippen molar-refractivity contribution in [3.63, 3.8) is 0 Å². The molecule has 1 heterocycles. The van der Waals surface area contributed by atoms with E-state index >= 15 is 0 Å². The Morgan fingerprint density at radius 2 is 1.95 bits per heavy atom. The van der Waals surface area contributed by atoms with Crippen LogP contribution in [0.2, 0.25) is 0 Å². The third-order valence-corrected chi connectivity index (χ3v) is 2.98. The van der Waals surface area contributed by atoms with Gasteiger partial charge in [0, 0.05) is 12.4 Å². The van der Waals surface area contributed by atoms with Gasteiger partial charge in [0.25, 0.3) is 5.91 Å². The Hall–Kier alpha value is -2.63. The van der Waals surface area contributed by atoms with Gasteiger partial charge in [-0.25, -0.2) is 9.97 Å². The number of benzene rings is 1. The van der Waals surface area contributed by atoms with E-state index in [1.54, 1.807) is 0 Å². The minimum atomic E-state index is -0.345. The molecule has 0 aliphatic rings. The molecular formula is C15H18N4O2. The van der Waals surface area contributed by atoms with Crippen molar-refractivity contribution in [1.82, 2.24) is 15.3 Å². The van der Waals surface area contributed by atoms with Crippen LogP contribution in [0.25, 0.3) is 0 Å². The van der Waals surface area contributed by atoms with Crippen molar-refractivity contribution in [2.45, 2.75) is 19.9 Å². The van der Waals surface area contributed by atoms with E-state index in [0.29, 0.717) is 6.61 Å². The van der Waals surface area contributed by atoms with Crippen LogP contribution in [0, 0.1) is 0 Å². The molecule has 0 saturated heterocycles. The zero-order chi connectivity index (χ0) is 15.2. The van der Waals surface area contributed by atoms with Crippen molar-refractivity contribution >= 4 is 11.7 Å². The van der Waals surface area contributed by atoms with Gasteiger partial charge in [-0.05, 0) is 31.5 Å². The van der Waals surface area contributed by atoms with E-state index in [-0.39, 0.29) is 23.5 Å². The van der Waals surface area contributed by atoms with Gasteiger partial charge in [-0.2, -0.15) is 0 Å². The molecule has 0 saturated carbocycles. The van der Waals surface area contributed by atoms with Crippen LogP contribution >= 0.6 is 0 Å². The Labute approximate surface area is 123 Å². The fourth-order valence-corrected chi connectivity index (χ4v) is 1.89. The predicted octanol–water partition coefficient (Wildman–Crippen LogP) is 1.95. The molecule has 2 rings (SSSR count). The van der Waals surface area contributed by atoms with Crippen LogP contribution in [0.4, 0.5) is 5.82 Å². The zero-order valence-electron chi connectivity index (χ0n) is 12.0.